The first-order chi connectivity index (χ1) is 56.8. The molecule has 7 amide bonds. The van der Waals surface area contributed by atoms with Crippen LogP contribution in [0.3, 0.4) is 0 Å². The number of primary amides is 1. The highest BCUT2D eigenvalue weighted by Gasteiger charge is 2.53. The third kappa shape index (κ3) is 19.2. The van der Waals surface area contributed by atoms with Gasteiger partial charge in [-0.05, 0) is 142 Å². The van der Waals surface area contributed by atoms with Gasteiger partial charge in [0, 0.05) is 53.2 Å². The molecule has 0 radical (unpaired) electrons. The molecule has 0 unspecified atom stereocenters. The molecule has 8 aliphatic rings. The monoisotopic (exact) mass is 1710 g/mol. The number of aliphatic carboxylic acids is 1. The van der Waals surface area contributed by atoms with E-state index in [9.17, 15) is 65.4 Å². The van der Waals surface area contributed by atoms with Crippen molar-refractivity contribution in [1.29, 1.82) is 0 Å². The number of rotatable bonds is 19. The fraction of sp³-hybridized carbons (Fsp3) is 0.457. The number of ether oxygens (including phenoxy) is 9. The number of amides is 7. The number of phenols is 3. The van der Waals surface area contributed by atoms with Crippen molar-refractivity contribution in [3.8, 4) is 62.9 Å². The summed E-state index contributed by atoms with van der Waals surface area (Å²) in [6.07, 6.45) is -22.8. The second-order valence-electron chi connectivity index (χ2n) is 31.4. The minimum Gasteiger partial charge on any atom is -0.508 e. The van der Waals surface area contributed by atoms with E-state index in [0.717, 1.165) is 54.1 Å². The largest absolute Gasteiger partial charge is 0.508 e. The molecule has 0 aromatic heterocycles. The predicted molar refractivity (Wildman–Crippen MR) is 421 cm³/mol. The number of carboxylic acids is 1. The molecule has 14 rings (SSSR count). The number of aliphatic hydroxyl groups excluding tert-OH is 6. The second kappa shape index (κ2) is 36.6. The number of benzene rings is 6. The number of carbonyl (C=O) groups excluding carboxylic acids is 7. The van der Waals surface area contributed by atoms with Gasteiger partial charge in [-0.25, -0.2) is 4.79 Å². The smallest absolute Gasteiger partial charge is 0.330 e. The van der Waals surface area contributed by atoms with Gasteiger partial charge in [0.1, 0.15) is 95.2 Å². The minimum absolute atomic E-state index is 0.116. The number of phenolic OH excluding ortho intramolecular Hbond substituents is 3. The van der Waals surface area contributed by atoms with Crippen molar-refractivity contribution in [3.63, 3.8) is 0 Å². The quantitative estimate of drug-likeness (QED) is 0.0552. The number of hydrogen-bond acceptors (Lipinski definition) is 29. The molecule has 8 aliphatic heterocycles. The maximum absolute atomic E-state index is 16.5. The summed E-state index contributed by atoms with van der Waals surface area (Å²) >= 11 is 14.6. The molecular formula is C81H96Cl2N10O27. The van der Waals surface area contributed by atoms with Gasteiger partial charge in [0.2, 0.25) is 53.4 Å². The number of methoxy groups -OCH3 is 1. The van der Waals surface area contributed by atoms with Crippen molar-refractivity contribution in [3.05, 3.63) is 147 Å². The summed E-state index contributed by atoms with van der Waals surface area (Å²) in [5.74, 6) is -15.5. The molecule has 37 nitrogen and oxygen atoms in total. The lowest BCUT2D eigenvalue weighted by Gasteiger charge is -2.48. The van der Waals surface area contributed by atoms with Crippen molar-refractivity contribution in [2.75, 3.05) is 20.8 Å². The summed E-state index contributed by atoms with van der Waals surface area (Å²) in [5, 5.41) is 137. The fourth-order valence-electron chi connectivity index (χ4n) is 15.4. The summed E-state index contributed by atoms with van der Waals surface area (Å²) in [7, 11) is 2.99. The number of fused-ring (bicyclic) bond motifs is 15. The molecule has 3 saturated heterocycles. The zero-order valence-electron chi connectivity index (χ0n) is 66.0. The topological polar surface area (TPSA) is 570 Å². The lowest BCUT2D eigenvalue weighted by molar-refractivity contribution is -0.334. The molecule has 22 N–H and O–H groups in total. The number of nitrogens with two attached hydrogens (primary N) is 2. The summed E-state index contributed by atoms with van der Waals surface area (Å²) in [4.78, 5) is 121. The Kier molecular flexibility index (Phi) is 27.1. The highest BCUT2D eigenvalue weighted by molar-refractivity contribution is 6.32. The van der Waals surface area contributed by atoms with E-state index in [1.807, 2.05) is 26.0 Å². The number of halogens is 2. The molecule has 11 bridgehead atoms. The van der Waals surface area contributed by atoms with Crippen LogP contribution in [0.5, 0.6) is 51.7 Å². The Morgan fingerprint density at radius 1 is 0.667 bits per heavy atom. The number of nitrogens with one attached hydrogen (secondary N) is 8. The molecule has 0 saturated carbocycles. The Bertz CT molecular complexity index is 4880. The molecule has 22 atom stereocenters. The van der Waals surface area contributed by atoms with Gasteiger partial charge in [0.05, 0.1) is 60.6 Å². The van der Waals surface area contributed by atoms with Crippen LogP contribution in [-0.2, 0) is 68.6 Å². The van der Waals surface area contributed by atoms with E-state index in [-0.39, 0.29) is 59.2 Å². The highest BCUT2D eigenvalue weighted by atomic mass is 35.5. The Morgan fingerprint density at radius 3 is 1.88 bits per heavy atom. The van der Waals surface area contributed by atoms with Crippen LogP contribution >= 0.6 is 23.2 Å². The van der Waals surface area contributed by atoms with Crippen LogP contribution in [0, 0.1) is 5.92 Å². The molecule has 0 aliphatic carbocycles. The number of carboxylic acid groups (broad SMARTS) is 1. The average molecular weight is 1710 g/mol. The summed E-state index contributed by atoms with van der Waals surface area (Å²) in [6, 6.07) is 6.70. The third-order valence-electron chi connectivity index (χ3n) is 22.0. The van der Waals surface area contributed by atoms with Crippen molar-refractivity contribution in [2.24, 2.45) is 17.4 Å². The Balaban J connectivity index is 1.10. The standard InChI is InChI=1S/C81H96Cl2N10O27/c1-32(2)19-46(86-7)72(104)92-62-64(99)37-12-17-50(44(82)21-37)115-52-23-39-24-53(68(52)120-79-69(66(101)65(100)54(31-94)117-79)119-57-29-81(6,71(103)34(4)114-57)87-30-35-9-14-41(112-8)15-10-35)116-51-18-13-38(22-45(51)83)67(118-56-28-80(5,85)70(102)33(3)113-56)63-77(109)91-61(78(110)111)43-25-40(95)26-49(97)58(43)42-20-36(11-16-48(42)96)59(74(106)93-63)90-75(107)60(39)89-73(105)47(27-55(84)98)88-76(62)108/h9-18,20-26,32-34,46-47,54,56-57,59-67,69-71,79,86-87,94-97,99-103H,19,27-31,85H2,1-8H3,(H2,84,98)(H,88,108)(H,89,105)(H,90,107)(H,91,109)(H,92,104)(H,93,106)(H,110,111)/t33-,34-,46+,47-,54+,56-,57-,59+,60+,61-,62+,63-,64+,65+,66-,67+,69+,70-,71-,79-,80-,81-/m0/s1. The minimum atomic E-state index is -2.39. The van der Waals surface area contributed by atoms with Gasteiger partial charge in [0.15, 0.2) is 36.2 Å². The molecule has 8 heterocycles. The maximum atomic E-state index is 16.5. The van der Waals surface area contributed by atoms with Gasteiger partial charge in [0.25, 0.3) is 0 Å². The van der Waals surface area contributed by atoms with E-state index >= 15 is 24.0 Å². The molecule has 6 aromatic carbocycles. The van der Waals surface area contributed by atoms with Crippen LogP contribution in [0.25, 0.3) is 11.1 Å². The number of likely N-dealkylation sites (N-methyl/N-ethyl adjacent to an activating group) is 1. The van der Waals surface area contributed by atoms with Gasteiger partial charge >= 0.3 is 5.97 Å². The van der Waals surface area contributed by atoms with Crippen LogP contribution in [0.4, 0.5) is 0 Å². The summed E-state index contributed by atoms with van der Waals surface area (Å²) in [5.41, 5.74) is 7.77. The number of hydrogen-bond donors (Lipinski definition) is 20. The number of aliphatic hydroxyl groups is 6. The Morgan fingerprint density at radius 2 is 1.27 bits per heavy atom. The van der Waals surface area contributed by atoms with E-state index in [2.05, 4.69) is 42.5 Å². The molecule has 39 heteroatoms. The molecule has 0 spiro atoms. The first-order valence-corrected chi connectivity index (χ1v) is 39.2. The van der Waals surface area contributed by atoms with E-state index in [1.54, 1.807) is 26.0 Å². The molecule has 646 valence electrons. The van der Waals surface area contributed by atoms with E-state index in [0.29, 0.717) is 5.75 Å². The van der Waals surface area contributed by atoms with Crippen molar-refractivity contribution < 1.29 is 132 Å². The Labute approximate surface area is 696 Å². The van der Waals surface area contributed by atoms with Gasteiger partial charge in [-0.2, -0.15) is 0 Å². The van der Waals surface area contributed by atoms with E-state index in [1.165, 1.54) is 58.3 Å². The first kappa shape index (κ1) is 89.0. The highest BCUT2D eigenvalue weighted by Crippen LogP contribution is 2.51. The normalized spacial score (nSPS) is 30.5. The van der Waals surface area contributed by atoms with Gasteiger partial charge in [-0.3, -0.25) is 33.6 Å². The zero-order chi connectivity index (χ0) is 87.0. The molecule has 3 fully saturated rings. The van der Waals surface area contributed by atoms with E-state index < -0.39 is 261 Å². The molecule has 120 heavy (non-hydrogen) atoms. The lowest BCUT2D eigenvalue weighted by Crippen LogP contribution is -2.65. The fourth-order valence-corrected chi connectivity index (χ4v) is 15.9. The third-order valence-corrected chi connectivity index (χ3v) is 22.5. The van der Waals surface area contributed by atoms with Crippen molar-refractivity contribution in [1.82, 2.24) is 42.5 Å². The summed E-state index contributed by atoms with van der Waals surface area (Å²) in [6.45, 7) is 9.05. The Hall–Kier alpha value is -10.3. The van der Waals surface area contributed by atoms with Crippen molar-refractivity contribution >= 4 is 70.5 Å². The second-order valence-corrected chi connectivity index (χ2v) is 32.2. The average Bonchev–Trinajstić information content (AvgIpc) is 0.764. The van der Waals surface area contributed by atoms with Crippen LogP contribution in [0.1, 0.15) is 131 Å². The lowest BCUT2D eigenvalue weighted by atomic mass is 9.84. The SMILES string of the molecule is CN[C@H](CC(C)C)C(=O)N[C@H]1C(=O)N[C@@H](CC(N)=O)C(=O)N[C@H]2C(=O)N[C@H]3C(=O)N[C@H](C(=O)N[C@H](C(=O)O)c4cc(O)cc(O)c4-c4cc3ccc4O)[C@H](O[C@H]3C[C@](C)(N)[C@@H](O)[C@H](C)O3)c3ccc(c(Cl)c3)Oc3cc2cc(c3O[C@@H]2O[C@H](CO)[C@@H](O)[C@H](O)[C@H]2O[C@H]2C[C@](C)(NCc3ccc(OC)cc3)[C@@H](O)[C@H](C)O2)Oc2ccc(cc2Cl)[C@H]1O. The van der Waals surface area contributed by atoms with Crippen LogP contribution in [0.15, 0.2) is 103 Å². The maximum Gasteiger partial charge on any atom is 0.330 e. The van der Waals surface area contributed by atoms with Crippen LogP contribution in [0.2, 0.25) is 10.0 Å². The number of carbonyl (C=O) groups is 8. The van der Waals surface area contributed by atoms with E-state index in [4.69, 9.17) is 77.3 Å². The zero-order valence-corrected chi connectivity index (χ0v) is 67.5. The van der Waals surface area contributed by atoms with Crippen LogP contribution in [-0.4, -0.2) is 222 Å². The molecular weight excluding hydrogens is 1620 g/mol. The summed E-state index contributed by atoms with van der Waals surface area (Å²) < 4.78 is 58.0. The van der Waals surface area contributed by atoms with Gasteiger partial charge < -0.3 is 148 Å². The van der Waals surface area contributed by atoms with Gasteiger partial charge in [-0.15, -0.1) is 0 Å². The van der Waals surface area contributed by atoms with Crippen LogP contribution < -0.4 is 72.9 Å². The van der Waals surface area contributed by atoms with Gasteiger partial charge in [-0.1, -0.05) is 67.4 Å². The first-order valence-electron chi connectivity index (χ1n) is 38.4. The predicted octanol–water partition coefficient (Wildman–Crippen LogP) is 2.18. The molecule has 6 aromatic rings. The number of aromatic hydroxyl groups is 3. The van der Waals surface area contributed by atoms with Crippen molar-refractivity contribution in [2.45, 2.75) is 207 Å².